The molecule has 0 bridgehead atoms. The number of benzene rings is 2. The molecule has 2 aromatic rings. The summed E-state index contributed by atoms with van der Waals surface area (Å²) in [5, 5.41) is 0. The second kappa shape index (κ2) is 12.7. The number of hydrogen-bond donors (Lipinski definition) is 0. The fourth-order valence-electron chi connectivity index (χ4n) is 2.42. The van der Waals surface area contributed by atoms with Gasteiger partial charge >= 0.3 is 6.16 Å². The van der Waals surface area contributed by atoms with Gasteiger partial charge < -0.3 is 17.8 Å². The summed E-state index contributed by atoms with van der Waals surface area (Å²) in [4.78, 5) is 11.1. The predicted octanol–water partition coefficient (Wildman–Crippen LogP) is 4.47. The first-order chi connectivity index (χ1) is 15.0. The van der Waals surface area contributed by atoms with E-state index in [-0.39, 0.29) is 19.4 Å². The molecule has 0 saturated heterocycles. The van der Waals surface area contributed by atoms with E-state index >= 15 is 0 Å². The van der Waals surface area contributed by atoms with E-state index in [0.29, 0.717) is 11.5 Å². The third-order valence-corrected chi connectivity index (χ3v) is 7.34. The van der Waals surface area contributed by atoms with Crippen LogP contribution in [0.2, 0.25) is 0 Å². The van der Waals surface area contributed by atoms with Crippen molar-refractivity contribution in [1.29, 1.82) is 0 Å². The Balaban J connectivity index is 2.27. The first-order valence-electron chi connectivity index (χ1n) is 9.29. The normalized spacial score (nSPS) is 14.7. The van der Waals surface area contributed by atoms with E-state index in [0.717, 1.165) is 0 Å². The van der Waals surface area contributed by atoms with E-state index in [9.17, 15) is 13.2 Å². The van der Waals surface area contributed by atoms with Crippen molar-refractivity contribution in [1.82, 2.24) is 0 Å². The number of rotatable bonds is 12. The van der Waals surface area contributed by atoms with Crippen molar-refractivity contribution >= 4 is 28.3 Å². The van der Waals surface area contributed by atoms with Crippen molar-refractivity contribution in [3.8, 4) is 11.5 Å². The number of carbonyl (C=O) groups excluding carboxylic acids is 1. The summed E-state index contributed by atoms with van der Waals surface area (Å²) >= 11 is -4.13. The Morgan fingerprint density at radius 2 is 1.42 bits per heavy atom. The van der Waals surface area contributed by atoms with Gasteiger partial charge in [-0.15, -0.1) is 6.58 Å². The topological polar surface area (TPSA) is 88.1 Å². The van der Waals surface area contributed by atoms with Gasteiger partial charge in [-0.2, -0.15) is 0 Å². The zero-order valence-electron chi connectivity index (χ0n) is 17.0. The van der Waals surface area contributed by atoms with Crippen LogP contribution in [0.4, 0.5) is 4.79 Å². The minimum absolute atomic E-state index is 0.0441. The molecular weight excluding hydrogens is 440 g/mol. The van der Waals surface area contributed by atoms with Crippen LogP contribution in [0.25, 0.3) is 0 Å². The third kappa shape index (κ3) is 7.37. The monoisotopic (exact) mass is 464 g/mol. The Labute approximate surface area is 187 Å². The maximum Gasteiger partial charge on any atom is 0.508 e. The molecule has 0 saturated carbocycles. The van der Waals surface area contributed by atoms with Gasteiger partial charge in [-0.25, -0.2) is 13.2 Å². The average Bonchev–Trinajstić information content (AvgIpc) is 2.79. The Morgan fingerprint density at radius 3 is 1.87 bits per heavy atom. The van der Waals surface area contributed by atoms with Crippen molar-refractivity contribution in [2.75, 3.05) is 13.7 Å². The fourth-order valence-corrected chi connectivity index (χ4v) is 4.91. The van der Waals surface area contributed by atoms with E-state index in [2.05, 4.69) is 11.3 Å². The largest absolute Gasteiger partial charge is 0.508 e. The summed E-state index contributed by atoms with van der Waals surface area (Å²) < 4.78 is 45.6. The number of allylic oxidation sites excluding steroid dienone is 2. The summed E-state index contributed by atoms with van der Waals surface area (Å²) in [6, 6.07) is 17.2. The van der Waals surface area contributed by atoms with Crippen LogP contribution >= 0.6 is 0 Å². The average molecular weight is 465 g/mol. The number of ether oxygens (including phenoxy) is 2. The molecule has 0 aliphatic heterocycles. The van der Waals surface area contributed by atoms with E-state index in [1.165, 1.54) is 19.3 Å². The van der Waals surface area contributed by atoms with Crippen LogP contribution in [0.3, 0.4) is 0 Å². The van der Waals surface area contributed by atoms with Gasteiger partial charge in [0.2, 0.25) is 26.2 Å². The SMILES string of the molecule is C=CCC(C/C=C\COC(=O)OC)(S(=O)Oc1ccccc1)S(=O)Oc1ccccc1. The summed E-state index contributed by atoms with van der Waals surface area (Å²) in [6.45, 7) is 3.65. The quantitative estimate of drug-likeness (QED) is 0.338. The zero-order chi connectivity index (χ0) is 22.5. The summed E-state index contributed by atoms with van der Waals surface area (Å²) in [6.07, 6.45) is 3.95. The molecule has 0 radical (unpaired) electrons. The van der Waals surface area contributed by atoms with Gasteiger partial charge in [0.05, 0.1) is 7.11 Å². The van der Waals surface area contributed by atoms with E-state index in [1.54, 1.807) is 66.7 Å². The third-order valence-electron chi connectivity index (χ3n) is 3.95. The molecule has 0 N–H and O–H groups in total. The lowest BCUT2D eigenvalue weighted by atomic mass is 10.2. The molecule has 0 aliphatic rings. The molecule has 2 unspecified atom stereocenters. The summed E-state index contributed by atoms with van der Waals surface area (Å²) in [7, 11) is 1.20. The molecule has 7 nitrogen and oxygen atoms in total. The Hall–Kier alpha value is -2.91. The number of carbonyl (C=O) groups is 1. The van der Waals surface area contributed by atoms with Crippen LogP contribution in [0.1, 0.15) is 12.8 Å². The number of para-hydroxylation sites is 2. The molecule has 0 fully saturated rings. The number of hydrogen-bond acceptors (Lipinski definition) is 7. The Kier molecular flexibility index (Phi) is 9.99. The highest BCUT2D eigenvalue weighted by Gasteiger charge is 2.46. The molecule has 2 aromatic carbocycles. The van der Waals surface area contributed by atoms with Gasteiger partial charge in [-0.3, -0.25) is 0 Å². The highest BCUT2D eigenvalue weighted by molar-refractivity contribution is 8.00. The first-order valence-corrected chi connectivity index (χ1v) is 11.4. The Morgan fingerprint density at radius 1 is 0.903 bits per heavy atom. The lowest BCUT2D eigenvalue weighted by Crippen LogP contribution is -2.42. The minimum Gasteiger partial charge on any atom is -0.438 e. The molecule has 2 rings (SSSR count). The van der Waals surface area contributed by atoms with Crippen molar-refractivity contribution < 1.29 is 31.1 Å². The van der Waals surface area contributed by atoms with Gasteiger partial charge in [0, 0.05) is 12.8 Å². The lowest BCUT2D eigenvalue weighted by Gasteiger charge is -2.28. The van der Waals surface area contributed by atoms with Crippen molar-refractivity contribution in [3.05, 3.63) is 85.5 Å². The van der Waals surface area contributed by atoms with Crippen LogP contribution in [-0.2, 0) is 31.6 Å². The van der Waals surface area contributed by atoms with Gasteiger partial charge in [0.1, 0.15) is 18.1 Å². The van der Waals surface area contributed by atoms with E-state index in [4.69, 9.17) is 13.1 Å². The van der Waals surface area contributed by atoms with Crippen molar-refractivity contribution in [2.45, 2.75) is 16.9 Å². The van der Waals surface area contributed by atoms with E-state index < -0.39 is 32.4 Å². The molecule has 0 spiro atoms. The molecule has 0 aromatic heterocycles. The second-order valence-corrected chi connectivity index (χ2v) is 9.20. The van der Waals surface area contributed by atoms with Crippen molar-refractivity contribution in [2.24, 2.45) is 0 Å². The maximum absolute atomic E-state index is 13.3. The summed E-state index contributed by atoms with van der Waals surface area (Å²) in [5.41, 5.74) is 0. The van der Waals surface area contributed by atoms with Gasteiger partial charge in [0.25, 0.3) is 0 Å². The molecule has 166 valence electrons. The molecule has 0 aliphatic carbocycles. The van der Waals surface area contributed by atoms with Crippen LogP contribution in [-0.4, -0.2) is 32.4 Å². The molecule has 31 heavy (non-hydrogen) atoms. The lowest BCUT2D eigenvalue weighted by molar-refractivity contribution is 0.0817. The van der Waals surface area contributed by atoms with Gasteiger partial charge in [0.15, 0.2) is 0 Å². The maximum atomic E-state index is 13.3. The Bertz CT molecular complexity index is 860. The highest BCUT2D eigenvalue weighted by atomic mass is 32.3. The molecule has 0 amide bonds. The van der Waals surface area contributed by atoms with Crippen LogP contribution < -0.4 is 8.37 Å². The molecule has 0 heterocycles. The molecule has 9 heteroatoms. The van der Waals surface area contributed by atoms with Gasteiger partial charge in [-0.05, 0) is 24.3 Å². The second-order valence-electron chi connectivity index (χ2n) is 6.11. The standard InChI is InChI=1S/C22H24O7S2/c1-3-16-22(17-10-11-18-27-21(23)26-2,30(24)28-19-12-6-4-7-13-19)31(25)29-20-14-8-5-9-15-20/h3-15H,1,16-18H2,2H3/b11-10-. The van der Waals surface area contributed by atoms with E-state index in [1.807, 2.05) is 0 Å². The smallest absolute Gasteiger partial charge is 0.438 e. The molecule has 2 atom stereocenters. The summed E-state index contributed by atoms with van der Waals surface area (Å²) in [5.74, 6) is 0.730. The predicted molar refractivity (Wildman–Crippen MR) is 120 cm³/mol. The van der Waals surface area contributed by atoms with Gasteiger partial charge in [-0.1, -0.05) is 54.6 Å². The fraction of sp³-hybridized carbons (Fsp3) is 0.227. The van der Waals surface area contributed by atoms with Crippen LogP contribution in [0.5, 0.6) is 11.5 Å². The number of methoxy groups -OCH3 is 1. The first kappa shape index (κ1) is 24.4. The van der Waals surface area contributed by atoms with Crippen molar-refractivity contribution in [3.63, 3.8) is 0 Å². The molecular formula is C22H24O7S2. The van der Waals surface area contributed by atoms with Crippen LogP contribution in [0.15, 0.2) is 85.5 Å². The zero-order valence-corrected chi connectivity index (χ0v) is 18.6. The highest BCUT2D eigenvalue weighted by Crippen LogP contribution is 2.32. The minimum atomic E-state index is -2.07. The van der Waals surface area contributed by atoms with Crippen LogP contribution in [0, 0.1) is 0 Å².